The molecule has 0 atom stereocenters. The highest BCUT2D eigenvalue weighted by molar-refractivity contribution is 7.93. The van der Waals surface area contributed by atoms with E-state index in [1.54, 1.807) is 50.2 Å². The predicted molar refractivity (Wildman–Crippen MR) is 119 cm³/mol. The Morgan fingerprint density at radius 3 is 2.48 bits per heavy atom. The SMILES string of the molecule is CCCc1cc(C=O)ccc1-c1ccccc1S(=O)(=O)N(COC)c1noc(C)c1C. The first-order valence-electron chi connectivity index (χ1n) is 9.97. The third-order valence-electron chi connectivity index (χ3n) is 5.15. The Kier molecular flexibility index (Phi) is 6.92. The molecule has 164 valence electrons. The zero-order valence-electron chi connectivity index (χ0n) is 18.1. The number of benzene rings is 2. The number of aldehydes is 1. The van der Waals surface area contributed by atoms with Gasteiger partial charge in [-0.1, -0.05) is 48.8 Å². The van der Waals surface area contributed by atoms with E-state index >= 15 is 0 Å². The smallest absolute Gasteiger partial charge is 0.268 e. The van der Waals surface area contributed by atoms with E-state index < -0.39 is 10.0 Å². The molecule has 2 aromatic carbocycles. The molecule has 7 nitrogen and oxygen atoms in total. The number of carbonyl (C=O) groups excluding carboxylic acids is 1. The molecule has 3 rings (SSSR count). The summed E-state index contributed by atoms with van der Waals surface area (Å²) in [6.45, 7) is 5.30. The van der Waals surface area contributed by atoms with Gasteiger partial charge in [0.05, 0.1) is 4.90 Å². The molecule has 0 aliphatic heterocycles. The second kappa shape index (κ2) is 9.45. The summed E-state index contributed by atoms with van der Waals surface area (Å²) in [5.41, 5.74) is 3.43. The predicted octanol–water partition coefficient (Wildman–Crippen LogP) is 4.52. The van der Waals surface area contributed by atoms with Crippen LogP contribution >= 0.6 is 0 Å². The molecule has 0 saturated carbocycles. The maximum atomic E-state index is 13.8. The van der Waals surface area contributed by atoms with Crippen LogP contribution in [0.5, 0.6) is 0 Å². The van der Waals surface area contributed by atoms with Crippen molar-refractivity contribution in [3.05, 3.63) is 64.9 Å². The zero-order chi connectivity index (χ0) is 22.6. The van der Waals surface area contributed by atoms with Crippen LogP contribution in [0.2, 0.25) is 0 Å². The van der Waals surface area contributed by atoms with E-state index in [0.717, 1.165) is 34.6 Å². The minimum atomic E-state index is -4.04. The first kappa shape index (κ1) is 22.7. The van der Waals surface area contributed by atoms with Crippen LogP contribution in [0.25, 0.3) is 11.1 Å². The molecule has 0 aliphatic carbocycles. The van der Waals surface area contributed by atoms with Gasteiger partial charge in [-0.2, -0.15) is 0 Å². The number of hydrogen-bond acceptors (Lipinski definition) is 6. The summed E-state index contributed by atoms with van der Waals surface area (Å²) in [6, 6.07) is 12.1. The van der Waals surface area contributed by atoms with Crippen LogP contribution in [-0.2, 0) is 21.2 Å². The lowest BCUT2D eigenvalue weighted by Crippen LogP contribution is -2.34. The Morgan fingerprint density at radius 1 is 1.13 bits per heavy atom. The quantitative estimate of drug-likeness (QED) is 0.357. The van der Waals surface area contributed by atoms with Gasteiger partial charge < -0.3 is 9.26 Å². The number of aromatic nitrogens is 1. The van der Waals surface area contributed by atoms with Gasteiger partial charge in [-0.15, -0.1) is 0 Å². The Morgan fingerprint density at radius 2 is 1.87 bits per heavy atom. The maximum absolute atomic E-state index is 13.8. The van der Waals surface area contributed by atoms with Crippen molar-refractivity contribution < 1.29 is 22.5 Å². The minimum Gasteiger partial charge on any atom is -0.363 e. The molecule has 0 spiro atoms. The summed E-state index contributed by atoms with van der Waals surface area (Å²) in [7, 11) is -2.61. The highest BCUT2D eigenvalue weighted by atomic mass is 32.2. The molecule has 1 heterocycles. The first-order chi connectivity index (χ1) is 14.8. The van der Waals surface area contributed by atoms with Crippen LogP contribution in [0.4, 0.5) is 5.82 Å². The van der Waals surface area contributed by atoms with E-state index in [1.165, 1.54) is 7.11 Å². The maximum Gasteiger partial charge on any atom is 0.268 e. The van der Waals surface area contributed by atoms with E-state index in [9.17, 15) is 13.2 Å². The number of anilines is 1. The van der Waals surface area contributed by atoms with Gasteiger partial charge in [0.25, 0.3) is 10.0 Å². The average Bonchev–Trinajstić information content (AvgIpc) is 3.10. The van der Waals surface area contributed by atoms with Crippen molar-refractivity contribution in [3.63, 3.8) is 0 Å². The summed E-state index contributed by atoms with van der Waals surface area (Å²) < 4.78 is 39.1. The van der Waals surface area contributed by atoms with Gasteiger partial charge in [-0.3, -0.25) is 4.79 Å². The molecule has 1 aromatic heterocycles. The number of sulfonamides is 1. The lowest BCUT2D eigenvalue weighted by Gasteiger charge is -2.23. The fourth-order valence-electron chi connectivity index (χ4n) is 3.46. The minimum absolute atomic E-state index is 0.128. The molecule has 8 heteroatoms. The van der Waals surface area contributed by atoms with E-state index in [4.69, 9.17) is 9.26 Å². The lowest BCUT2D eigenvalue weighted by atomic mass is 9.95. The van der Waals surface area contributed by atoms with Gasteiger partial charge in [-0.25, -0.2) is 12.7 Å². The molecule has 0 fully saturated rings. The van der Waals surface area contributed by atoms with Crippen molar-refractivity contribution in [1.82, 2.24) is 5.16 Å². The Hall–Kier alpha value is -2.97. The number of carbonyl (C=O) groups is 1. The van der Waals surface area contributed by atoms with Gasteiger partial charge in [0, 0.05) is 23.8 Å². The van der Waals surface area contributed by atoms with Crippen LogP contribution in [0, 0.1) is 13.8 Å². The van der Waals surface area contributed by atoms with Crippen LogP contribution in [0.3, 0.4) is 0 Å². The Labute approximate surface area is 182 Å². The molecule has 0 radical (unpaired) electrons. The highest BCUT2D eigenvalue weighted by Crippen LogP contribution is 2.35. The van der Waals surface area contributed by atoms with E-state index in [2.05, 4.69) is 5.16 Å². The number of ether oxygens (including phenoxy) is 1. The second-order valence-electron chi connectivity index (χ2n) is 7.24. The van der Waals surface area contributed by atoms with Crippen LogP contribution in [-0.4, -0.2) is 33.7 Å². The molecular formula is C23H26N2O5S. The van der Waals surface area contributed by atoms with Crippen LogP contribution < -0.4 is 4.31 Å². The Bertz CT molecular complexity index is 1180. The molecule has 0 bridgehead atoms. The molecule has 31 heavy (non-hydrogen) atoms. The molecular weight excluding hydrogens is 416 g/mol. The van der Waals surface area contributed by atoms with Crippen molar-refractivity contribution in [2.75, 3.05) is 18.1 Å². The van der Waals surface area contributed by atoms with Crippen molar-refractivity contribution in [2.45, 2.75) is 38.5 Å². The van der Waals surface area contributed by atoms with Gasteiger partial charge in [-0.05, 0) is 43.5 Å². The lowest BCUT2D eigenvalue weighted by molar-refractivity contribution is 0.112. The molecule has 0 N–H and O–H groups in total. The molecule has 0 amide bonds. The fourth-order valence-corrected chi connectivity index (χ4v) is 5.04. The number of methoxy groups -OCH3 is 1. The summed E-state index contributed by atoms with van der Waals surface area (Å²) in [5.74, 6) is 0.730. The van der Waals surface area contributed by atoms with Gasteiger partial charge in [0.1, 0.15) is 18.8 Å². The third kappa shape index (κ3) is 4.40. The Balaban J connectivity index is 2.21. The average molecular weight is 443 g/mol. The van der Waals surface area contributed by atoms with Crippen molar-refractivity contribution >= 4 is 22.1 Å². The topological polar surface area (TPSA) is 89.7 Å². The van der Waals surface area contributed by atoms with Crippen LogP contribution in [0.15, 0.2) is 51.9 Å². The summed E-state index contributed by atoms with van der Waals surface area (Å²) in [5, 5.41) is 3.95. The monoisotopic (exact) mass is 442 g/mol. The number of hydrogen-bond donors (Lipinski definition) is 0. The number of nitrogens with zero attached hydrogens (tertiary/aromatic N) is 2. The van der Waals surface area contributed by atoms with E-state index in [1.807, 2.05) is 13.0 Å². The highest BCUT2D eigenvalue weighted by Gasteiger charge is 2.31. The van der Waals surface area contributed by atoms with Gasteiger partial charge in [0.2, 0.25) is 0 Å². The van der Waals surface area contributed by atoms with Gasteiger partial charge >= 0.3 is 0 Å². The summed E-state index contributed by atoms with van der Waals surface area (Å²) in [4.78, 5) is 11.4. The van der Waals surface area contributed by atoms with Crippen molar-refractivity contribution in [1.29, 1.82) is 0 Å². The van der Waals surface area contributed by atoms with Crippen molar-refractivity contribution in [3.8, 4) is 11.1 Å². The van der Waals surface area contributed by atoms with Crippen molar-refractivity contribution in [2.24, 2.45) is 0 Å². The van der Waals surface area contributed by atoms with E-state index in [0.29, 0.717) is 22.5 Å². The zero-order valence-corrected chi connectivity index (χ0v) is 18.9. The number of rotatable bonds is 9. The molecule has 0 unspecified atom stereocenters. The first-order valence-corrected chi connectivity index (χ1v) is 11.4. The molecule has 0 saturated heterocycles. The summed E-state index contributed by atoms with van der Waals surface area (Å²) in [6.07, 6.45) is 2.37. The third-order valence-corrected chi connectivity index (χ3v) is 6.92. The largest absolute Gasteiger partial charge is 0.363 e. The fraction of sp³-hybridized carbons (Fsp3) is 0.304. The molecule has 0 aliphatic rings. The van der Waals surface area contributed by atoms with Gasteiger partial charge in [0.15, 0.2) is 5.82 Å². The normalized spacial score (nSPS) is 11.5. The summed E-state index contributed by atoms with van der Waals surface area (Å²) >= 11 is 0. The van der Waals surface area contributed by atoms with E-state index in [-0.39, 0.29) is 17.4 Å². The number of aryl methyl sites for hydroxylation is 2. The molecule has 3 aromatic rings. The second-order valence-corrected chi connectivity index (χ2v) is 9.07. The standard InChI is InChI=1S/C23H26N2O5S/c1-5-8-19-13-18(14-26)11-12-20(19)21-9-6-7-10-22(21)31(27,28)25(15-29-4)23-16(2)17(3)30-24-23/h6-7,9-14H,5,8,15H2,1-4H3. The van der Waals surface area contributed by atoms with Crippen LogP contribution in [0.1, 0.15) is 40.6 Å².